The van der Waals surface area contributed by atoms with Gasteiger partial charge in [0.25, 0.3) is 21.2 Å². The Kier molecular flexibility index (Phi) is 9.05. The first-order valence-corrected chi connectivity index (χ1v) is 13.0. The molecule has 3 heterocycles. The highest BCUT2D eigenvalue weighted by Gasteiger charge is 2.46. The van der Waals surface area contributed by atoms with Gasteiger partial charge in [0, 0.05) is 12.3 Å². The molecule has 0 radical (unpaired) electrons. The van der Waals surface area contributed by atoms with Crippen molar-refractivity contribution in [2.45, 2.75) is 55.2 Å². The molecular weight excluding hydrogens is 540 g/mol. The lowest BCUT2D eigenvalue weighted by atomic mass is 9.98. The van der Waals surface area contributed by atoms with Crippen LogP contribution in [0.3, 0.4) is 0 Å². The molecule has 2 aliphatic heterocycles. The van der Waals surface area contributed by atoms with Gasteiger partial charge in [-0.2, -0.15) is 0 Å². The van der Waals surface area contributed by atoms with Crippen LogP contribution < -0.4 is 26.8 Å². The predicted molar refractivity (Wildman–Crippen MR) is 106 cm³/mol. The van der Waals surface area contributed by atoms with E-state index in [2.05, 4.69) is 13.4 Å². The van der Waals surface area contributed by atoms with Gasteiger partial charge in [-0.3, -0.25) is 28.0 Å². The van der Waals surface area contributed by atoms with Gasteiger partial charge in [0.05, 0.1) is 19.3 Å². The molecule has 2 aliphatic rings. The van der Waals surface area contributed by atoms with Crippen LogP contribution in [0.1, 0.15) is 6.23 Å². The summed E-state index contributed by atoms with van der Waals surface area (Å²) >= 11 is 0. The third-order valence-electron chi connectivity index (χ3n) is 5.22. The van der Waals surface area contributed by atoms with E-state index < -0.39 is 95.3 Å². The van der Waals surface area contributed by atoms with E-state index in [9.17, 15) is 48.9 Å². The predicted octanol–water partition coefficient (Wildman–Crippen LogP) is -6.09. The van der Waals surface area contributed by atoms with Crippen molar-refractivity contribution in [3.05, 3.63) is 33.1 Å². The first kappa shape index (κ1) is 29.2. The summed E-state index contributed by atoms with van der Waals surface area (Å²) in [5, 5.41) is 48.9. The number of phosphoric acid groups is 2. The Hall–Kier alpha value is -1.38. The van der Waals surface area contributed by atoms with E-state index in [1.165, 1.54) is 0 Å². The van der Waals surface area contributed by atoms with E-state index in [1.807, 2.05) is 4.98 Å². The third-order valence-corrected chi connectivity index (χ3v) is 7.75. The van der Waals surface area contributed by atoms with E-state index in [-0.39, 0.29) is 0 Å². The summed E-state index contributed by atoms with van der Waals surface area (Å²) in [4.78, 5) is 49.0. The standard InChI is InChI=1S/C15H25N3O16P2/c16-8-11(23)9(21)5(3-19)32-14(8)33-36(28,29)34-35(26,27)30-4-6-10(22)12(24)13(31-6)18-2-1-7(20)17-15(18)25/h1-2,5-6,8-14,19,21-24H,3-4,16H2,(H,26,27)(H,28,29)(H,17,20,25)/p-2/t5?,6?,8?,9-,10+,11+,12+,13?,14-/m0/s1. The first-order valence-electron chi connectivity index (χ1n) is 10.0. The molecule has 8 N–H and O–H groups in total. The van der Waals surface area contributed by atoms with Crippen LogP contribution >= 0.6 is 15.6 Å². The maximum Gasteiger partial charge on any atom is 0.330 e. The highest BCUT2D eigenvalue weighted by atomic mass is 31.3. The summed E-state index contributed by atoms with van der Waals surface area (Å²) in [6, 6.07) is -0.777. The normalized spacial score (nSPS) is 38.4. The van der Waals surface area contributed by atoms with Crippen molar-refractivity contribution in [3.8, 4) is 0 Å². The second kappa shape index (κ2) is 11.2. The molecule has 19 nitrogen and oxygen atoms in total. The van der Waals surface area contributed by atoms with E-state index in [0.29, 0.717) is 4.57 Å². The van der Waals surface area contributed by atoms with E-state index in [1.54, 1.807) is 0 Å². The van der Waals surface area contributed by atoms with Gasteiger partial charge in [-0.1, -0.05) is 0 Å². The van der Waals surface area contributed by atoms with Crippen molar-refractivity contribution in [2.75, 3.05) is 13.2 Å². The highest BCUT2D eigenvalue weighted by Crippen LogP contribution is 2.56. The average Bonchev–Trinajstić information content (AvgIpc) is 3.06. The molecule has 0 aromatic carbocycles. The number of nitrogens with one attached hydrogen (secondary N) is 1. The minimum absolute atomic E-state index is 0.709. The van der Waals surface area contributed by atoms with Crippen LogP contribution in [0.5, 0.6) is 0 Å². The number of aromatic amines is 1. The van der Waals surface area contributed by atoms with Crippen molar-refractivity contribution in [1.29, 1.82) is 0 Å². The molecule has 3 rings (SSSR count). The van der Waals surface area contributed by atoms with E-state index >= 15 is 0 Å². The van der Waals surface area contributed by atoms with Gasteiger partial charge >= 0.3 is 5.69 Å². The minimum atomic E-state index is -5.82. The second-order valence-electron chi connectivity index (χ2n) is 7.72. The van der Waals surface area contributed by atoms with Crippen LogP contribution in [0.15, 0.2) is 21.9 Å². The summed E-state index contributed by atoms with van der Waals surface area (Å²) in [6.07, 6.45) is -12.9. The summed E-state index contributed by atoms with van der Waals surface area (Å²) in [5.74, 6) is 0. The van der Waals surface area contributed by atoms with E-state index in [4.69, 9.17) is 20.3 Å². The molecule has 0 bridgehead atoms. The number of phosphoric ester groups is 2. The molecule has 0 amide bonds. The maximum absolute atomic E-state index is 12.1. The lowest BCUT2D eigenvalue weighted by molar-refractivity contribution is -0.282. The molecule has 206 valence electrons. The van der Waals surface area contributed by atoms with Crippen LogP contribution in [0.4, 0.5) is 0 Å². The van der Waals surface area contributed by atoms with Crippen molar-refractivity contribution in [1.82, 2.24) is 9.55 Å². The van der Waals surface area contributed by atoms with Crippen molar-refractivity contribution in [3.63, 3.8) is 0 Å². The van der Waals surface area contributed by atoms with Gasteiger partial charge < -0.3 is 55.1 Å². The number of H-pyrrole nitrogens is 1. The lowest BCUT2D eigenvalue weighted by Crippen LogP contribution is -2.62. The molecule has 2 fully saturated rings. The van der Waals surface area contributed by atoms with Crippen molar-refractivity contribution in [2.24, 2.45) is 5.73 Å². The lowest BCUT2D eigenvalue weighted by Gasteiger charge is -2.42. The topological polar surface area (TPSA) is 308 Å². The number of hydrogen-bond acceptors (Lipinski definition) is 17. The Morgan fingerprint density at radius 3 is 2.28 bits per heavy atom. The maximum atomic E-state index is 12.1. The molecule has 0 aliphatic carbocycles. The summed E-state index contributed by atoms with van der Waals surface area (Å²) in [6.45, 7) is -1.97. The summed E-state index contributed by atoms with van der Waals surface area (Å²) < 4.78 is 47.6. The molecule has 36 heavy (non-hydrogen) atoms. The van der Waals surface area contributed by atoms with Crippen LogP contribution in [0.25, 0.3) is 0 Å². The number of aliphatic hydroxyl groups is 5. The molecular formula is C15H23N3O16P2-2. The van der Waals surface area contributed by atoms with E-state index in [0.717, 1.165) is 12.3 Å². The second-order valence-corrected chi connectivity index (χ2v) is 10.6. The van der Waals surface area contributed by atoms with Gasteiger partial charge in [0.2, 0.25) is 0 Å². The molecule has 21 heteroatoms. The Balaban J connectivity index is 1.61. The van der Waals surface area contributed by atoms with Crippen LogP contribution in [0.2, 0.25) is 0 Å². The smallest absolute Gasteiger partial charge is 0.330 e. The number of aromatic nitrogens is 2. The van der Waals surface area contributed by atoms with Gasteiger partial charge in [0.1, 0.15) is 36.6 Å². The Morgan fingerprint density at radius 1 is 1.03 bits per heavy atom. The number of ether oxygens (including phenoxy) is 2. The number of aliphatic hydroxyl groups excluding tert-OH is 5. The zero-order chi connectivity index (χ0) is 27.0. The molecule has 0 saturated carbocycles. The first-order chi connectivity index (χ1) is 16.7. The Labute approximate surface area is 200 Å². The summed E-state index contributed by atoms with van der Waals surface area (Å²) in [5.41, 5.74) is 3.74. The zero-order valence-electron chi connectivity index (χ0n) is 17.9. The minimum Gasteiger partial charge on any atom is -0.756 e. The molecule has 6 unspecified atom stereocenters. The third kappa shape index (κ3) is 6.54. The fourth-order valence-electron chi connectivity index (χ4n) is 3.38. The largest absolute Gasteiger partial charge is 0.756 e. The Bertz CT molecular complexity index is 1130. The molecule has 0 spiro atoms. The highest BCUT2D eigenvalue weighted by molar-refractivity contribution is 7.59. The molecule has 11 atom stereocenters. The van der Waals surface area contributed by atoms with Gasteiger partial charge in [-0.25, -0.2) is 9.11 Å². The SMILES string of the molecule is NC1[C@H](OP(=O)([O-])OP(=O)([O-])OCC2OC(n3ccc(=O)[nH]c3=O)[C@H](O)[C@@H]2O)OC(CO)[C@H](O)[C@@H]1O. The fourth-order valence-corrected chi connectivity index (χ4v) is 5.48. The molecule has 2 saturated heterocycles. The van der Waals surface area contributed by atoms with Gasteiger partial charge in [0.15, 0.2) is 12.5 Å². The van der Waals surface area contributed by atoms with Crippen molar-refractivity contribution >= 4 is 15.6 Å². The summed E-state index contributed by atoms with van der Waals surface area (Å²) in [7, 11) is -11.6. The van der Waals surface area contributed by atoms with Crippen LogP contribution in [-0.2, 0) is 32.0 Å². The number of hydrogen-bond donors (Lipinski definition) is 7. The van der Waals surface area contributed by atoms with Crippen LogP contribution in [-0.4, -0.2) is 97.3 Å². The molecule has 1 aromatic rings. The number of rotatable bonds is 9. The van der Waals surface area contributed by atoms with Crippen molar-refractivity contribution < 1.29 is 67.3 Å². The Morgan fingerprint density at radius 2 is 1.67 bits per heavy atom. The van der Waals surface area contributed by atoms with Gasteiger partial charge in [-0.05, 0) is 0 Å². The quantitative estimate of drug-likeness (QED) is 0.137. The number of nitrogens with zero attached hydrogens (tertiary/aromatic N) is 1. The fraction of sp³-hybridized carbons (Fsp3) is 0.733. The monoisotopic (exact) mass is 563 g/mol. The zero-order valence-corrected chi connectivity index (χ0v) is 19.7. The average molecular weight is 563 g/mol. The van der Waals surface area contributed by atoms with Crippen LogP contribution in [0, 0.1) is 0 Å². The van der Waals surface area contributed by atoms with Gasteiger partial charge in [-0.15, -0.1) is 0 Å². The molecule has 1 aromatic heterocycles. The number of nitrogens with two attached hydrogens (primary N) is 1.